The highest BCUT2D eigenvalue weighted by molar-refractivity contribution is 7.99. The van der Waals surface area contributed by atoms with Crippen molar-refractivity contribution in [3.63, 3.8) is 0 Å². The van der Waals surface area contributed by atoms with Crippen LogP contribution in [-0.2, 0) is 7.05 Å². The number of nitro groups is 1. The second-order valence-electron chi connectivity index (χ2n) is 3.11. The monoisotopic (exact) mass is 268 g/mol. The molecule has 2 heterocycles. The fraction of sp³-hybridized carbons (Fsp3) is 0.143. The second kappa shape index (κ2) is 4.93. The number of aromatic nitrogens is 5. The van der Waals surface area contributed by atoms with E-state index in [0.717, 1.165) is 11.8 Å². The molecule has 0 aliphatic heterocycles. The fourth-order valence-electron chi connectivity index (χ4n) is 1.12. The zero-order valence-corrected chi connectivity index (χ0v) is 9.96. The number of rotatable bonds is 4. The van der Waals surface area contributed by atoms with Crippen LogP contribution in [0, 0.1) is 10.1 Å². The van der Waals surface area contributed by atoms with Crippen LogP contribution in [0.5, 0.6) is 0 Å². The number of nitrogens with two attached hydrogens (primary N) is 1. The summed E-state index contributed by atoms with van der Waals surface area (Å²) in [6.45, 7) is 0. The van der Waals surface area contributed by atoms with Crippen LogP contribution in [0.25, 0.3) is 0 Å². The molecule has 0 fully saturated rings. The lowest BCUT2D eigenvalue weighted by atomic mass is 10.4. The van der Waals surface area contributed by atoms with E-state index < -0.39 is 4.92 Å². The van der Waals surface area contributed by atoms with Crippen molar-refractivity contribution >= 4 is 23.3 Å². The van der Waals surface area contributed by atoms with Gasteiger partial charge in [0.15, 0.2) is 5.03 Å². The summed E-state index contributed by atoms with van der Waals surface area (Å²) in [5.41, 5.74) is 2.19. The van der Waals surface area contributed by atoms with Crippen LogP contribution in [0.1, 0.15) is 0 Å². The van der Waals surface area contributed by atoms with Gasteiger partial charge in [0.25, 0.3) is 0 Å². The Hall–Kier alpha value is -2.27. The Morgan fingerprint density at radius 2 is 2.33 bits per heavy atom. The van der Waals surface area contributed by atoms with Crippen molar-refractivity contribution in [3.05, 3.63) is 22.2 Å². The molecule has 2 aromatic heterocycles. The van der Waals surface area contributed by atoms with Crippen LogP contribution in [0.4, 0.5) is 11.5 Å². The first-order valence-electron chi connectivity index (χ1n) is 4.64. The Balaban J connectivity index is 2.41. The SMILES string of the molecule is Cn1nnnc1Sc1nc(NN)ccc1[N+](=O)[O-]. The lowest BCUT2D eigenvalue weighted by molar-refractivity contribution is -0.388. The summed E-state index contributed by atoms with van der Waals surface area (Å²) in [5.74, 6) is 5.53. The first kappa shape index (κ1) is 12.2. The third kappa shape index (κ3) is 2.36. The molecular weight excluding hydrogens is 260 g/mol. The minimum Gasteiger partial charge on any atom is -0.308 e. The van der Waals surface area contributed by atoms with E-state index in [4.69, 9.17) is 5.84 Å². The van der Waals surface area contributed by atoms with Crippen molar-refractivity contribution in [2.75, 3.05) is 5.43 Å². The summed E-state index contributed by atoms with van der Waals surface area (Å²) in [7, 11) is 1.62. The van der Waals surface area contributed by atoms with Gasteiger partial charge in [-0.3, -0.25) is 10.1 Å². The van der Waals surface area contributed by atoms with Gasteiger partial charge in [-0.05, 0) is 28.3 Å². The zero-order chi connectivity index (χ0) is 13.1. The number of pyridine rings is 1. The third-order valence-electron chi connectivity index (χ3n) is 1.95. The molecule has 0 atom stereocenters. The Morgan fingerprint density at radius 3 is 2.89 bits per heavy atom. The first-order valence-corrected chi connectivity index (χ1v) is 5.45. The Kier molecular flexibility index (Phi) is 3.34. The Morgan fingerprint density at radius 1 is 1.56 bits per heavy atom. The van der Waals surface area contributed by atoms with Gasteiger partial charge in [0.1, 0.15) is 5.82 Å². The molecule has 0 saturated heterocycles. The van der Waals surface area contributed by atoms with Gasteiger partial charge in [-0.1, -0.05) is 0 Å². The highest BCUT2D eigenvalue weighted by atomic mass is 32.2. The van der Waals surface area contributed by atoms with Gasteiger partial charge in [0.05, 0.1) is 4.92 Å². The van der Waals surface area contributed by atoms with Crippen LogP contribution < -0.4 is 11.3 Å². The van der Waals surface area contributed by atoms with Crippen LogP contribution in [0.2, 0.25) is 0 Å². The Labute approximate surface area is 105 Å². The first-order chi connectivity index (χ1) is 8.61. The van der Waals surface area contributed by atoms with E-state index in [0.29, 0.717) is 11.0 Å². The standard InChI is InChI=1S/C7H8N8O2S/c1-14-7(11-12-13-14)18-6-4(15(16)17)2-3-5(9-6)10-8/h2-3H,8H2,1H3,(H,9,10). The van der Waals surface area contributed by atoms with E-state index in [-0.39, 0.29) is 10.7 Å². The number of tetrazole rings is 1. The minimum absolute atomic E-state index is 0.137. The number of aryl methyl sites for hydroxylation is 1. The fourth-order valence-corrected chi connectivity index (χ4v) is 1.93. The molecule has 0 spiro atoms. The molecule has 0 saturated carbocycles. The van der Waals surface area contributed by atoms with Gasteiger partial charge in [0, 0.05) is 13.1 Å². The predicted molar refractivity (Wildman–Crippen MR) is 61.6 cm³/mol. The van der Waals surface area contributed by atoms with Crippen molar-refractivity contribution < 1.29 is 4.92 Å². The quantitative estimate of drug-likeness (QED) is 0.444. The van der Waals surface area contributed by atoms with Gasteiger partial charge < -0.3 is 5.43 Å². The second-order valence-corrected chi connectivity index (χ2v) is 4.07. The summed E-state index contributed by atoms with van der Waals surface area (Å²) in [6, 6.07) is 2.73. The number of nitrogens with one attached hydrogen (secondary N) is 1. The zero-order valence-electron chi connectivity index (χ0n) is 9.14. The molecule has 0 aromatic carbocycles. The van der Waals surface area contributed by atoms with E-state index in [1.54, 1.807) is 7.05 Å². The van der Waals surface area contributed by atoms with Gasteiger partial charge in [-0.15, -0.1) is 5.10 Å². The minimum atomic E-state index is -0.528. The van der Waals surface area contributed by atoms with Gasteiger partial charge in [-0.25, -0.2) is 15.5 Å². The maximum atomic E-state index is 10.9. The molecule has 0 radical (unpaired) electrons. The normalized spacial score (nSPS) is 10.3. The summed E-state index contributed by atoms with van der Waals surface area (Å²) in [6.07, 6.45) is 0. The van der Waals surface area contributed by atoms with Crippen LogP contribution in [0.3, 0.4) is 0 Å². The maximum absolute atomic E-state index is 10.9. The molecule has 3 N–H and O–H groups in total. The highest BCUT2D eigenvalue weighted by Crippen LogP contribution is 2.32. The molecule has 10 nitrogen and oxygen atoms in total. The maximum Gasteiger partial charge on any atom is 0.301 e. The molecule has 0 amide bonds. The molecule has 2 aromatic rings. The number of nitrogens with zero attached hydrogens (tertiary/aromatic N) is 6. The average Bonchev–Trinajstić information content (AvgIpc) is 2.74. The summed E-state index contributed by atoms with van der Waals surface area (Å²) in [4.78, 5) is 14.4. The number of hydrogen-bond acceptors (Lipinski definition) is 9. The molecular formula is C7H8N8O2S. The van der Waals surface area contributed by atoms with Crippen molar-refractivity contribution in [3.8, 4) is 0 Å². The van der Waals surface area contributed by atoms with Gasteiger partial charge in [-0.2, -0.15) is 0 Å². The molecule has 18 heavy (non-hydrogen) atoms. The van der Waals surface area contributed by atoms with Gasteiger partial charge >= 0.3 is 5.69 Å². The molecule has 0 aliphatic rings. The van der Waals surface area contributed by atoms with Crippen LogP contribution in [-0.4, -0.2) is 30.1 Å². The van der Waals surface area contributed by atoms with E-state index in [1.807, 2.05) is 0 Å². The largest absolute Gasteiger partial charge is 0.308 e. The third-order valence-corrected chi connectivity index (χ3v) is 2.98. The van der Waals surface area contributed by atoms with Crippen molar-refractivity contribution in [2.24, 2.45) is 12.9 Å². The van der Waals surface area contributed by atoms with Crippen LogP contribution >= 0.6 is 11.8 Å². The molecule has 0 bridgehead atoms. The molecule has 0 unspecified atom stereocenters. The number of nitrogen functional groups attached to an aromatic ring is 1. The number of hydrogen-bond donors (Lipinski definition) is 2. The number of anilines is 1. The van der Waals surface area contributed by atoms with Crippen molar-refractivity contribution in [1.29, 1.82) is 0 Å². The molecule has 2 rings (SSSR count). The molecule has 11 heteroatoms. The van der Waals surface area contributed by atoms with E-state index in [1.165, 1.54) is 16.8 Å². The van der Waals surface area contributed by atoms with E-state index in [2.05, 4.69) is 25.9 Å². The summed E-state index contributed by atoms with van der Waals surface area (Å²) >= 11 is 0.984. The van der Waals surface area contributed by atoms with E-state index >= 15 is 0 Å². The lowest BCUT2D eigenvalue weighted by Crippen LogP contribution is -2.09. The Bertz CT molecular complexity index is 585. The summed E-state index contributed by atoms with van der Waals surface area (Å²) < 4.78 is 1.39. The molecule has 94 valence electrons. The number of hydrazine groups is 1. The smallest absolute Gasteiger partial charge is 0.301 e. The highest BCUT2D eigenvalue weighted by Gasteiger charge is 2.19. The van der Waals surface area contributed by atoms with E-state index in [9.17, 15) is 10.1 Å². The predicted octanol–water partition coefficient (Wildman–Crippen LogP) is -0.0499. The van der Waals surface area contributed by atoms with Crippen molar-refractivity contribution in [1.82, 2.24) is 25.2 Å². The topological polar surface area (TPSA) is 138 Å². The molecule has 0 aliphatic carbocycles. The average molecular weight is 268 g/mol. The summed E-state index contributed by atoms with van der Waals surface area (Å²) in [5, 5.41) is 22.2. The van der Waals surface area contributed by atoms with Crippen molar-refractivity contribution in [2.45, 2.75) is 10.2 Å². The van der Waals surface area contributed by atoms with Crippen LogP contribution in [0.15, 0.2) is 22.3 Å². The lowest BCUT2D eigenvalue weighted by Gasteiger charge is -2.03. The van der Waals surface area contributed by atoms with Gasteiger partial charge in [0.2, 0.25) is 5.16 Å².